The number of hydrogen-bond acceptors (Lipinski definition) is 6. The molecule has 2 aliphatic heterocycles. The molecule has 4 aliphatic rings. The van der Waals surface area contributed by atoms with Gasteiger partial charge in [0.25, 0.3) is 0 Å². The van der Waals surface area contributed by atoms with E-state index in [2.05, 4.69) is 58.5 Å². The van der Waals surface area contributed by atoms with Gasteiger partial charge in [-0.1, -0.05) is 62.4 Å². The maximum atomic E-state index is 13.7. The highest BCUT2D eigenvalue weighted by Gasteiger charge is 2.56. The number of amides is 4. The largest absolute Gasteiger partial charge is 0.465 e. The Labute approximate surface area is 325 Å². The van der Waals surface area contributed by atoms with Crippen LogP contribution >= 0.6 is 0 Å². The number of nitrogens with one attached hydrogen (secondary N) is 2. The Morgan fingerprint density at radius 3 is 1.30 bits per heavy atom. The Bertz CT molecular complexity index is 1980. The van der Waals surface area contributed by atoms with Crippen LogP contribution < -0.4 is 0 Å². The van der Waals surface area contributed by atoms with Crippen LogP contribution in [0.2, 0.25) is 0 Å². The third-order valence-corrected chi connectivity index (χ3v) is 12.9. The van der Waals surface area contributed by atoms with Crippen LogP contribution in [-0.2, 0) is 9.59 Å². The van der Waals surface area contributed by atoms with E-state index in [0.717, 1.165) is 93.6 Å². The van der Waals surface area contributed by atoms with Crippen molar-refractivity contribution in [1.29, 1.82) is 0 Å². The van der Waals surface area contributed by atoms with Gasteiger partial charge in [0.05, 0.1) is 35.9 Å². The van der Waals surface area contributed by atoms with Gasteiger partial charge in [0.15, 0.2) is 0 Å². The summed E-state index contributed by atoms with van der Waals surface area (Å²) in [5, 5.41) is 19.2. The molecule has 14 heteroatoms. The summed E-state index contributed by atoms with van der Waals surface area (Å²) in [7, 11) is 2.91. The highest BCUT2D eigenvalue weighted by Crippen LogP contribution is 2.59. The fourth-order valence-corrected chi connectivity index (χ4v) is 9.01. The first-order chi connectivity index (χ1) is 26.8. The van der Waals surface area contributed by atoms with Gasteiger partial charge in [0.2, 0.25) is 11.8 Å². The summed E-state index contributed by atoms with van der Waals surface area (Å²) in [5.41, 5.74) is 5.94. The first-order valence-corrected chi connectivity index (χ1v) is 19.7. The standard InChI is InChI=1S/C42H50N8O6/c1-5-31(47(3)39(53)54)37(51)49-23-41(15-16-41)19-33(49)35-43-21-29(45-35)27-11-7-25(8-12-27)26-9-13-28(14-10-26)30-22-44-36(46-30)34-20-42(17-18-42)24-50(34)38(52)32(6-2)48(4)40(55)56/h7-14,21-22,31-34H,5-6,15-20,23-24H2,1-4H3,(H,43,45)(H,44,46)(H,53,54)(H,55,56)/t31-,32-,33-,34-/m0/s1. The van der Waals surface area contributed by atoms with Gasteiger partial charge >= 0.3 is 12.2 Å². The molecule has 4 fully saturated rings. The summed E-state index contributed by atoms with van der Waals surface area (Å²) in [6.07, 6.45) is 8.09. The van der Waals surface area contributed by atoms with Gasteiger partial charge in [0.1, 0.15) is 23.7 Å². The average molecular weight is 763 g/mol. The van der Waals surface area contributed by atoms with E-state index in [9.17, 15) is 29.4 Å². The van der Waals surface area contributed by atoms with Gasteiger partial charge in [-0.3, -0.25) is 19.4 Å². The molecule has 0 unspecified atom stereocenters. The second-order valence-electron chi connectivity index (χ2n) is 16.5. The maximum Gasteiger partial charge on any atom is 0.407 e. The Balaban J connectivity index is 0.949. The fourth-order valence-electron chi connectivity index (χ4n) is 9.01. The topological polar surface area (TPSA) is 179 Å². The van der Waals surface area contributed by atoms with Crippen molar-refractivity contribution in [3.05, 3.63) is 72.6 Å². The van der Waals surface area contributed by atoms with Gasteiger partial charge in [-0.2, -0.15) is 0 Å². The second-order valence-corrected chi connectivity index (χ2v) is 16.5. The van der Waals surface area contributed by atoms with Crippen LogP contribution in [0, 0.1) is 10.8 Å². The zero-order valence-corrected chi connectivity index (χ0v) is 32.4. The van der Waals surface area contributed by atoms with Crippen LogP contribution in [0.25, 0.3) is 33.6 Å². The molecule has 4 amide bonds. The minimum Gasteiger partial charge on any atom is -0.465 e. The van der Waals surface area contributed by atoms with Crippen molar-refractivity contribution >= 4 is 24.0 Å². The summed E-state index contributed by atoms with van der Waals surface area (Å²) in [6.45, 7) is 4.93. The van der Waals surface area contributed by atoms with E-state index in [1.54, 1.807) is 12.4 Å². The second kappa shape index (κ2) is 14.1. The van der Waals surface area contributed by atoms with Gasteiger partial charge in [-0.05, 0) is 84.5 Å². The normalized spacial score (nSPS) is 21.3. The molecular formula is C42H50N8O6. The number of carbonyl (C=O) groups excluding carboxylic acids is 2. The number of imidazole rings is 2. The highest BCUT2D eigenvalue weighted by molar-refractivity contribution is 5.87. The minimum absolute atomic E-state index is 0.0990. The summed E-state index contributed by atoms with van der Waals surface area (Å²) in [5.74, 6) is 1.11. The van der Waals surface area contributed by atoms with Crippen molar-refractivity contribution < 1.29 is 29.4 Å². The Kier molecular flexibility index (Phi) is 9.40. The number of aromatic amines is 2. The number of rotatable bonds is 11. The Hall–Kier alpha value is -5.66. The van der Waals surface area contributed by atoms with Crippen molar-refractivity contribution in [2.75, 3.05) is 27.2 Å². The number of aromatic nitrogens is 4. The van der Waals surface area contributed by atoms with Crippen LogP contribution in [-0.4, -0.2) is 113 Å². The maximum absolute atomic E-state index is 13.7. The van der Waals surface area contributed by atoms with Gasteiger partial charge in [-0.25, -0.2) is 19.6 Å². The number of H-pyrrole nitrogens is 2. The number of hydrogen-bond donors (Lipinski definition) is 4. The monoisotopic (exact) mass is 762 g/mol. The lowest BCUT2D eigenvalue weighted by atomic mass is 10.0. The summed E-state index contributed by atoms with van der Waals surface area (Å²) >= 11 is 0. The average Bonchev–Trinajstić information content (AvgIpc) is 3.78. The molecular weight excluding hydrogens is 713 g/mol. The molecule has 8 rings (SSSR count). The van der Waals surface area contributed by atoms with E-state index in [1.165, 1.54) is 14.1 Å². The summed E-state index contributed by atoms with van der Waals surface area (Å²) in [4.78, 5) is 73.1. The number of likely N-dealkylation sites (N-methyl/N-ethyl adjacent to an activating group) is 2. The third-order valence-electron chi connectivity index (χ3n) is 12.9. The van der Waals surface area contributed by atoms with Gasteiger partial charge in [-0.15, -0.1) is 0 Å². The first kappa shape index (κ1) is 37.3. The van der Waals surface area contributed by atoms with Gasteiger partial charge < -0.3 is 30.0 Å². The van der Waals surface area contributed by atoms with Crippen LogP contribution in [0.4, 0.5) is 9.59 Å². The zero-order chi connectivity index (χ0) is 39.5. The van der Waals surface area contributed by atoms with E-state index in [1.807, 2.05) is 23.6 Å². The number of nitrogens with zero attached hydrogens (tertiary/aromatic N) is 6. The molecule has 0 radical (unpaired) electrons. The van der Waals surface area contributed by atoms with Gasteiger partial charge in [0, 0.05) is 27.2 Å². The molecule has 0 bridgehead atoms. The van der Waals surface area contributed by atoms with Crippen molar-refractivity contribution in [3.8, 4) is 33.6 Å². The molecule has 2 aromatic heterocycles. The van der Waals surface area contributed by atoms with Crippen molar-refractivity contribution in [1.82, 2.24) is 39.5 Å². The Morgan fingerprint density at radius 2 is 1.00 bits per heavy atom. The zero-order valence-electron chi connectivity index (χ0n) is 32.4. The van der Waals surface area contributed by atoms with Crippen LogP contribution in [0.1, 0.15) is 88.9 Å². The number of carboxylic acid groups (broad SMARTS) is 2. The van der Waals surface area contributed by atoms with Crippen molar-refractivity contribution in [2.24, 2.45) is 10.8 Å². The third kappa shape index (κ3) is 6.79. The van der Waals surface area contributed by atoms with E-state index >= 15 is 0 Å². The van der Waals surface area contributed by atoms with E-state index in [0.29, 0.717) is 25.9 Å². The molecule has 294 valence electrons. The molecule has 4 aromatic rings. The molecule has 2 aromatic carbocycles. The smallest absolute Gasteiger partial charge is 0.407 e. The minimum atomic E-state index is -1.11. The lowest BCUT2D eigenvalue weighted by molar-refractivity contribution is -0.138. The first-order valence-electron chi connectivity index (χ1n) is 19.7. The Morgan fingerprint density at radius 1 is 0.661 bits per heavy atom. The van der Waals surface area contributed by atoms with E-state index < -0.39 is 24.3 Å². The van der Waals surface area contributed by atoms with E-state index in [4.69, 9.17) is 9.97 Å². The predicted molar refractivity (Wildman–Crippen MR) is 208 cm³/mol. The molecule has 4 heterocycles. The molecule has 4 N–H and O–H groups in total. The van der Waals surface area contributed by atoms with Crippen LogP contribution in [0.5, 0.6) is 0 Å². The molecule has 4 atom stereocenters. The highest BCUT2D eigenvalue weighted by atomic mass is 16.4. The lowest BCUT2D eigenvalue weighted by Gasteiger charge is -2.31. The molecule has 14 nitrogen and oxygen atoms in total. The van der Waals surface area contributed by atoms with Crippen molar-refractivity contribution in [3.63, 3.8) is 0 Å². The molecule has 2 aliphatic carbocycles. The number of likely N-dealkylation sites (tertiary alicyclic amines) is 2. The molecule has 2 saturated heterocycles. The predicted octanol–water partition coefficient (Wildman–Crippen LogP) is 7.02. The van der Waals surface area contributed by atoms with Crippen LogP contribution in [0.15, 0.2) is 60.9 Å². The molecule has 56 heavy (non-hydrogen) atoms. The molecule has 2 spiro atoms. The van der Waals surface area contributed by atoms with Crippen molar-refractivity contribution in [2.45, 2.75) is 89.4 Å². The molecule has 2 saturated carbocycles. The SMILES string of the molecule is CC[C@@H](C(=O)N1CC2(CC2)C[C@H]1c1ncc(-c2ccc(-c3ccc(-c4cnc([C@@H]5CC6(CC6)CN5C(=O)[C@H](CC)N(C)C(=O)O)[nH]4)cc3)cc2)[nH]1)N(C)C(=O)O. The summed E-state index contributed by atoms with van der Waals surface area (Å²) in [6, 6.07) is 14.6. The van der Waals surface area contributed by atoms with E-state index in [-0.39, 0.29) is 34.7 Å². The lowest BCUT2D eigenvalue weighted by Crippen LogP contribution is -2.48. The quantitative estimate of drug-likeness (QED) is 0.126. The number of benzene rings is 2. The van der Waals surface area contributed by atoms with Crippen LogP contribution in [0.3, 0.4) is 0 Å². The fraction of sp³-hybridized carbons (Fsp3) is 0.476. The number of carbonyl (C=O) groups is 4. The summed E-state index contributed by atoms with van der Waals surface area (Å²) < 4.78 is 0.